The molecule has 0 saturated carbocycles. The van der Waals surface area contributed by atoms with Crippen LogP contribution in [0.3, 0.4) is 0 Å². The van der Waals surface area contributed by atoms with Gasteiger partial charge in [-0.05, 0) is 13.8 Å². The molecule has 1 aromatic heterocycles. The van der Waals surface area contributed by atoms with Gasteiger partial charge in [-0.15, -0.1) is 10.2 Å². The summed E-state index contributed by atoms with van der Waals surface area (Å²) in [7, 11) is 0. The Bertz CT molecular complexity index is 513. The molecule has 3 N–H and O–H groups in total. The van der Waals surface area contributed by atoms with Crippen LogP contribution in [0.25, 0.3) is 0 Å². The SMILES string of the molecule is CC1CN(c2cc(Cl)nnc2N)CCN1C(C)C(=O)O. The molecule has 8 heteroatoms. The number of carboxylic acid groups (broad SMARTS) is 1. The second-order valence-electron chi connectivity index (χ2n) is 4.98. The molecule has 0 aliphatic carbocycles. The average Bonchev–Trinajstić information content (AvgIpc) is 2.40. The highest BCUT2D eigenvalue weighted by atomic mass is 35.5. The number of hydrogen-bond acceptors (Lipinski definition) is 6. The fourth-order valence-electron chi connectivity index (χ4n) is 2.53. The largest absolute Gasteiger partial charge is 0.480 e. The first-order chi connectivity index (χ1) is 9.40. The molecule has 2 heterocycles. The van der Waals surface area contributed by atoms with Crippen molar-refractivity contribution in [2.75, 3.05) is 30.3 Å². The first-order valence-electron chi connectivity index (χ1n) is 6.42. The van der Waals surface area contributed by atoms with Gasteiger partial charge in [0.25, 0.3) is 0 Å². The van der Waals surface area contributed by atoms with Crippen molar-refractivity contribution in [3.05, 3.63) is 11.2 Å². The van der Waals surface area contributed by atoms with Crippen LogP contribution in [0.4, 0.5) is 11.5 Å². The quantitative estimate of drug-likeness (QED) is 0.848. The van der Waals surface area contributed by atoms with Gasteiger partial charge in [-0.2, -0.15) is 0 Å². The normalized spacial score (nSPS) is 21.8. The van der Waals surface area contributed by atoms with E-state index < -0.39 is 12.0 Å². The van der Waals surface area contributed by atoms with E-state index in [1.165, 1.54) is 0 Å². The van der Waals surface area contributed by atoms with Crippen LogP contribution >= 0.6 is 11.6 Å². The van der Waals surface area contributed by atoms with Gasteiger partial charge in [0, 0.05) is 31.7 Å². The summed E-state index contributed by atoms with van der Waals surface area (Å²) in [5.74, 6) is -0.472. The summed E-state index contributed by atoms with van der Waals surface area (Å²) in [5.41, 5.74) is 6.58. The van der Waals surface area contributed by atoms with Crippen LogP contribution in [0.2, 0.25) is 5.15 Å². The molecule has 1 aromatic rings. The Morgan fingerprint density at radius 2 is 2.25 bits per heavy atom. The highest BCUT2D eigenvalue weighted by Crippen LogP contribution is 2.26. The van der Waals surface area contributed by atoms with Gasteiger partial charge in [0.2, 0.25) is 0 Å². The fraction of sp³-hybridized carbons (Fsp3) is 0.583. The molecule has 0 bridgehead atoms. The number of carboxylic acids is 1. The Morgan fingerprint density at radius 3 is 2.85 bits per heavy atom. The Labute approximate surface area is 122 Å². The zero-order valence-electron chi connectivity index (χ0n) is 11.5. The number of hydrogen-bond donors (Lipinski definition) is 2. The second kappa shape index (κ2) is 5.80. The summed E-state index contributed by atoms with van der Waals surface area (Å²) in [6.07, 6.45) is 0. The van der Waals surface area contributed by atoms with Gasteiger partial charge in [-0.25, -0.2) is 0 Å². The van der Waals surface area contributed by atoms with Gasteiger partial charge in [-0.1, -0.05) is 11.6 Å². The average molecular weight is 300 g/mol. The Hall–Kier alpha value is -1.60. The number of halogens is 1. The van der Waals surface area contributed by atoms with Crippen molar-refractivity contribution in [1.29, 1.82) is 0 Å². The molecule has 0 radical (unpaired) electrons. The first-order valence-corrected chi connectivity index (χ1v) is 6.80. The van der Waals surface area contributed by atoms with E-state index in [9.17, 15) is 4.79 Å². The molecule has 1 saturated heterocycles. The molecule has 2 rings (SSSR count). The maximum absolute atomic E-state index is 11.1. The van der Waals surface area contributed by atoms with Gasteiger partial charge in [0.05, 0.1) is 5.69 Å². The maximum Gasteiger partial charge on any atom is 0.320 e. The number of aliphatic carboxylic acids is 1. The van der Waals surface area contributed by atoms with E-state index in [0.29, 0.717) is 30.6 Å². The molecule has 0 spiro atoms. The van der Waals surface area contributed by atoms with Crippen LogP contribution < -0.4 is 10.6 Å². The summed E-state index contributed by atoms with van der Waals surface area (Å²) in [6.45, 7) is 5.69. The van der Waals surface area contributed by atoms with Crippen molar-refractivity contribution in [3.8, 4) is 0 Å². The zero-order chi connectivity index (χ0) is 14.9. The molecule has 0 aromatic carbocycles. The maximum atomic E-state index is 11.1. The predicted molar refractivity (Wildman–Crippen MR) is 76.9 cm³/mol. The summed E-state index contributed by atoms with van der Waals surface area (Å²) >= 11 is 5.85. The summed E-state index contributed by atoms with van der Waals surface area (Å²) in [5, 5.41) is 16.9. The van der Waals surface area contributed by atoms with E-state index in [1.807, 2.05) is 11.8 Å². The Morgan fingerprint density at radius 1 is 1.55 bits per heavy atom. The number of carbonyl (C=O) groups is 1. The number of nitrogens with zero attached hydrogens (tertiary/aromatic N) is 4. The third-order valence-electron chi connectivity index (χ3n) is 3.65. The molecule has 1 aliphatic rings. The van der Waals surface area contributed by atoms with Gasteiger partial charge in [-0.3, -0.25) is 9.69 Å². The molecule has 110 valence electrons. The van der Waals surface area contributed by atoms with E-state index >= 15 is 0 Å². The van der Waals surface area contributed by atoms with E-state index in [4.69, 9.17) is 22.4 Å². The molecular weight excluding hydrogens is 282 g/mol. The lowest BCUT2D eigenvalue weighted by atomic mass is 10.1. The van der Waals surface area contributed by atoms with Crippen LogP contribution in [-0.4, -0.2) is 57.9 Å². The van der Waals surface area contributed by atoms with E-state index in [-0.39, 0.29) is 6.04 Å². The van der Waals surface area contributed by atoms with E-state index in [0.717, 1.165) is 5.69 Å². The van der Waals surface area contributed by atoms with Crippen LogP contribution in [0.1, 0.15) is 13.8 Å². The minimum atomic E-state index is -0.807. The van der Waals surface area contributed by atoms with Crippen molar-refractivity contribution >= 4 is 29.1 Å². The number of nitrogen functional groups attached to an aromatic ring is 1. The number of rotatable bonds is 3. The van der Waals surface area contributed by atoms with Crippen LogP contribution in [0, 0.1) is 0 Å². The number of piperazine rings is 1. The lowest BCUT2D eigenvalue weighted by Gasteiger charge is -2.42. The molecule has 2 unspecified atom stereocenters. The van der Waals surface area contributed by atoms with Gasteiger partial charge in [0.15, 0.2) is 11.0 Å². The zero-order valence-corrected chi connectivity index (χ0v) is 12.2. The molecule has 7 nitrogen and oxygen atoms in total. The van der Waals surface area contributed by atoms with E-state index in [1.54, 1.807) is 13.0 Å². The minimum Gasteiger partial charge on any atom is -0.480 e. The summed E-state index contributed by atoms with van der Waals surface area (Å²) in [4.78, 5) is 15.1. The lowest BCUT2D eigenvalue weighted by Crippen LogP contribution is -2.56. The number of nitrogens with two attached hydrogens (primary N) is 1. The lowest BCUT2D eigenvalue weighted by molar-refractivity contribution is -0.143. The second-order valence-corrected chi connectivity index (χ2v) is 5.37. The van der Waals surface area contributed by atoms with E-state index in [2.05, 4.69) is 15.1 Å². The smallest absolute Gasteiger partial charge is 0.320 e. The van der Waals surface area contributed by atoms with Crippen molar-refractivity contribution in [2.24, 2.45) is 0 Å². The van der Waals surface area contributed by atoms with Gasteiger partial charge in [0.1, 0.15) is 6.04 Å². The minimum absolute atomic E-state index is 0.0983. The third-order valence-corrected chi connectivity index (χ3v) is 3.83. The van der Waals surface area contributed by atoms with Crippen molar-refractivity contribution < 1.29 is 9.90 Å². The fourth-order valence-corrected chi connectivity index (χ4v) is 2.67. The first kappa shape index (κ1) is 14.8. The Balaban J connectivity index is 2.12. The number of aromatic nitrogens is 2. The molecule has 0 amide bonds. The predicted octanol–water partition coefficient (Wildman–Crippen LogP) is 0.696. The summed E-state index contributed by atoms with van der Waals surface area (Å²) < 4.78 is 0. The van der Waals surface area contributed by atoms with Crippen molar-refractivity contribution in [2.45, 2.75) is 25.9 Å². The van der Waals surface area contributed by atoms with Crippen LogP contribution in [0.15, 0.2) is 6.07 Å². The molecule has 1 aliphatic heterocycles. The molecule has 1 fully saturated rings. The van der Waals surface area contributed by atoms with Crippen molar-refractivity contribution in [3.63, 3.8) is 0 Å². The Kier molecular flexibility index (Phi) is 4.29. The van der Waals surface area contributed by atoms with Gasteiger partial charge < -0.3 is 15.7 Å². The molecular formula is C12H18ClN5O2. The molecule has 2 atom stereocenters. The third kappa shape index (κ3) is 2.94. The highest BCUT2D eigenvalue weighted by Gasteiger charge is 2.31. The number of anilines is 2. The topological polar surface area (TPSA) is 95.6 Å². The van der Waals surface area contributed by atoms with Crippen LogP contribution in [-0.2, 0) is 4.79 Å². The monoisotopic (exact) mass is 299 g/mol. The molecule has 20 heavy (non-hydrogen) atoms. The summed E-state index contributed by atoms with van der Waals surface area (Å²) in [6, 6.07) is 1.29. The van der Waals surface area contributed by atoms with Gasteiger partial charge >= 0.3 is 5.97 Å². The highest BCUT2D eigenvalue weighted by molar-refractivity contribution is 6.29. The van der Waals surface area contributed by atoms with Crippen molar-refractivity contribution in [1.82, 2.24) is 15.1 Å². The standard InChI is InChI=1S/C12H18ClN5O2/c1-7-6-17(3-4-18(7)8(2)12(19)20)9-5-10(13)15-16-11(9)14/h5,7-8H,3-4,6H2,1-2H3,(H2,14,16)(H,19,20). The van der Waals surface area contributed by atoms with Crippen LogP contribution in [0.5, 0.6) is 0 Å².